The summed E-state index contributed by atoms with van der Waals surface area (Å²) in [5.41, 5.74) is 1.89. The maximum Gasteiger partial charge on any atom is 0.335 e. The first-order valence-electron chi connectivity index (χ1n) is 7.51. The number of aromatic carboxylic acids is 1. The molecule has 126 valence electrons. The first-order valence-corrected chi connectivity index (χ1v) is 7.51. The molecule has 0 fully saturated rings. The fourth-order valence-corrected chi connectivity index (χ4v) is 2.36. The molecule has 0 unspecified atom stereocenters. The van der Waals surface area contributed by atoms with Gasteiger partial charge in [0.05, 0.1) is 17.0 Å². The molecule has 0 spiro atoms. The molecule has 0 aliphatic carbocycles. The van der Waals surface area contributed by atoms with Gasteiger partial charge < -0.3 is 10.0 Å². The van der Waals surface area contributed by atoms with Gasteiger partial charge in [-0.05, 0) is 35.9 Å². The molecule has 0 aliphatic heterocycles. The monoisotopic (exact) mass is 338 g/mol. The van der Waals surface area contributed by atoms with Crippen molar-refractivity contribution in [3.8, 4) is 11.4 Å². The van der Waals surface area contributed by atoms with E-state index in [9.17, 15) is 9.18 Å². The fourth-order valence-electron chi connectivity index (χ4n) is 2.36. The third-order valence-corrected chi connectivity index (χ3v) is 3.56. The van der Waals surface area contributed by atoms with Gasteiger partial charge in [0, 0.05) is 26.0 Å². The first-order chi connectivity index (χ1) is 12.0. The van der Waals surface area contributed by atoms with Gasteiger partial charge in [-0.1, -0.05) is 12.1 Å². The lowest BCUT2D eigenvalue weighted by Gasteiger charge is -2.17. The number of hydrogen-bond donors (Lipinski definition) is 1. The molecule has 3 rings (SSSR count). The summed E-state index contributed by atoms with van der Waals surface area (Å²) in [5, 5.41) is 9.09. The molecule has 0 aliphatic rings. The zero-order valence-corrected chi connectivity index (χ0v) is 13.4. The average Bonchev–Trinajstić information content (AvgIpc) is 2.62. The van der Waals surface area contributed by atoms with E-state index in [0.717, 1.165) is 5.56 Å². The molecule has 0 bridgehead atoms. The van der Waals surface area contributed by atoms with Crippen LogP contribution in [0.15, 0.2) is 54.9 Å². The Balaban J connectivity index is 1.86. The van der Waals surface area contributed by atoms with Crippen LogP contribution in [0, 0.1) is 5.82 Å². The van der Waals surface area contributed by atoms with E-state index in [1.54, 1.807) is 30.3 Å². The van der Waals surface area contributed by atoms with Crippen LogP contribution in [0.3, 0.4) is 0 Å². The molecule has 2 heterocycles. The molecule has 0 atom stereocenters. The van der Waals surface area contributed by atoms with Crippen LogP contribution in [0.4, 0.5) is 10.3 Å². The molecule has 25 heavy (non-hydrogen) atoms. The Morgan fingerprint density at radius 3 is 2.68 bits per heavy atom. The van der Waals surface area contributed by atoms with E-state index in [1.165, 1.54) is 30.5 Å². The SMILES string of the molecule is CN(Cc1cccc(F)c1)c1nccc(-c2cc(C(=O)O)ccn2)n1. The Bertz CT molecular complexity index is 917. The number of pyridine rings is 1. The summed E-state index contributed by atoms with van der Waals surface area (Å²) in [7, 11) is 1.80. The third-order valence-electron chi connectivity index (χ3n) is 3.56. The maximum atomic E-state index is 13.3. The maximum absolute atomic E-state index is 13.3. The van der Waals surface area contributed by atoms with E-state index < -0.39 is 5.97 Å². The van der Waals surface area contributed by atoms with Crippen molar-refractivity contribution in [3.63, 3.8) is 0 Å². The van der Waals surface area contributed by atoms with Crippen LogP contribution in [-0.4, -0.2) is 33.1 Å². The van der Waals surface area contributed by atoms with Gasteiger partial charge in [0.15, 0.2) is 0 Å². The van der Waals surface area contributed by atoms with Gasteiger partial charge in [-0.2, -0.15) is 0 Å². The number of halogens is 1. The zero-order chi connectivity index (χ0) is 17.8. The first kappa shape index (κ1) is 16.5. The molecule has 1 N–H and O–H groups in total. The molecule has 2 aromatic heterocycles. The second-order valence-corrected chi connectivity index (χ2v) is 5.46. The van der Waals surface area contributed by atoms with Gasteiger partial charge in [-0.15, -0.1) is 0 Å². The number of carboxylic acid groups (broad SMARTS) is 1. The minimum atomic E-state index is -1.03. The van der Waals surface area contributed by atoms with Crippen molar-refractivity contribution in [1.82, 2.24) is 15.0 Å². The highest BCUT2D eigenvalue weighted by Crippen LogP contribution is 2.18. The van der Waals surface area contributed by atoms with Gasteiger partial charge in [0.25, 0.3) is 0 Å². The van der Waals surface area contributed by atoms with Crippen molar-refractivity contribution >= 4 is 11.9 Å². The highest BCUT2D eigenvalue weighted by molar-refractivity contribution is 5.88. The molecule has 7 heteroatoms. The smallest absolute Gasteiger partial charge is 0.335 e. The van der Waals surface area contributed by atoms with Crippen LogP contribution < -0.4 is 4.90 Å². The van der Waals surface area contributed by atoms with Crippen LogP contribution in [0.1, 0.15) is 15.9 Å². The molecular weight excluding hydrogens is 323 g/mol. The normalized spacial score (nSPS) is 10.5. The van der Waals surface area contributed by atoms with E-state index >= 15 is 0 Å². The number of aromatic nitrogens is 3. The summed E-state index contributed by atoms with van der Waals surface area (Å²) in [6.45, 7) is 0.434. The van der Waals surface area contributed by atoms with Crippen molar-refractivity contribution in [1.29, 1.82) is 0 Å². The van der Waals surface area contributed by atoms with Crippen molar-refractivity contribution in [2.75, 3.05) is 11.9 Å². The molecule has 1 aromatic carbocycles. The molecule has 6 nitrogen and oxygen atoms in total. The molecule has 0 radical (unpaired) electrons. The third kappa shape index (κ3) is 3.95. The number of nitrogens with zero attached hydrogens (tertiary/aromatic N) is 4. The molecule has 0 amide bonds. The van der Waals surface area contributed by atoms with Crippen LogP contribution in [0.2, 0.25) is 0 Å². The standard InChI is InChI=1S/C18H15FN4O2/c1-23(11-12-3-2-4-14(19)9-12)18-21-8-6-15(22-18)16-10-13(17(24)25)5-7-20-16/h2-10H,11H2,1H3,(H,24,25). The van der Waals surface area contributed by atoms with Crippen LogP contribution in [0.25, 0.3) is 11.4 Å². The highest BCUT2D eigenvalue weighted by Gasteiger charge is 2.11. The number of rotatable bonds is 5. The van der Waals surface area contributed by atoms with E-state index in [-0.39, 0.29) is 11.4 Å². The topological polar surface area (TPSA) is 79.2 Å². The predicted octanol–water partition coefficient (Wildman–Crippen LogP) is 3.01. The summed E-state index contributed by atoms with van der Waals surface area (Å²) in [6, 6.07) is 10.9. The molecular formula is C18H15FN4O2. The van der Waals surface area contributed by atoms with E-state index in [1.807, 2.05) is 6.07 Å². The Labute approximate surface area is 143 Å². The van der Waals surface area contributed by atoms with Gasteiger partial charge >= 0.3 is 5.97 Å². The lowest BCUT2D eigenvalue weighted by Crippen LogP contribution is -2.19. The number of benzene rings is 1. The Morgan fingerprint density at radius 2 is 1.92 bits per heavy atom. The second kappa shape index (κ2) is 7.04. The van der Waals surface area contributed by atoms with Gasteiger partial charge in [-0.3, -0.25) is 4.98 Å². The van der Waals surface area contributed by atoms with Crippen molar-refractivity contribution in [2.24, 2.45) is 0 Å². The summed E-state index contributed by atoms with van der Waals surface area (Å²) in [5.74, 6) is -0.888. The lowest BCUT2D eigenvalue weighted by molar-refractivity contribution is 0.0697. The van der Waals surface area contributed by atoms with Gasteiger partial charge in [0.2, 0.25) is 5.95 Å². The zero-order valence-electron chi connectivity index (χ0n) is 13.4. The molecule has 0 saturated carbocycles. The van der Waals surface area contributed by atoms with Crippen LogP contribution in [0.5, 0.6) is 0 Å². The quantitative estimate of drug-likeness (QED) is 0.770. The largest absolute Gasteiger partial charge is 0.478 e. The molecule has 3 aromatic rings. The average molecular weight is 338 g/mol. The highest BCUT2D eigenvalue weighted by atomic mass is 19.1. The van der Waals surface area contributed by atoms with E-state index in [0.29, 0.717) is 23.9 Å². The minimum absolute atomic E-state index is 0.137. The summed E-state index contributed by atoms with van der Waals surface area (Å²) in [4.78, 5) is 25.7. The number of anilines is 1. The van der Waals surface area contributed by atoms with Gasteiger partial charge in [0.1, 0.15) is 5.82 Å². The Morgan fingerprint density at radius 1 is 1.12 bits per heavy atom. The van der Waals surface area contributed by atoms with Crippen LogP contribution >= 0.6 is 0 Å². The number of carboxylic acids is 1. The Hall–Kier alpha value is -3.35. The van der Waals surface area contributed by atoms with Crippen LogP contribution in [-0.2, 0) is 6.54 Å². The second-order valence-electron chi connectivity index (χ2n) is 5.46. The number of carbonyl (C=O) groups is 1. The van der Waals surface area contributed by atoms with Gasteiger partial charge in [-0.25, -0.2) is 19.2 Å². The lowest BCUT2D eigenvalue weighted by atomic mass is 10.2. The summed E-state index contributed by atoms with van der Waals surface area (Å²) >= 11 is 0. The molecule has 0 saturated heterocycles. The summed E-state index contributed by atoms with van der Waals surface area (Å²) < 4.78 is 13.3. The summed E-state index contributed by atoms with van der Waals surface area (Å²) in [6.07, 6.45) is 3.01. The van der Waals surface area contributed by atoms with Crippen molar-refractivity contribution < 1.29 is 14.3 Å². The van der Waals surface area contributed by atoms with Crippen molar-refractivity contribution in [2.45, 2.75) is 6.54 Å². The predicted molar refractivity (Wildman–Crippen MR) is 90.7 cm³/mol. The van der Waals surface area contributed by atoms with E-state index in [2.05, 4.69) is 15.0 Å². The van der Waals surface area contributed by atoms with E-state index in [4.69, 9.17) is 5.11 Å². The fraction of sp³-hybridized carbons (Fsp3) is 0.111. The Kier molecular flexibility index (Phi) is 4.65. The number of hydrogen-bond acceptors (Lipinski definition) is 5. The minimum Gasteiger partial charge on any atom is -0.478 e. The van der Waals surface area contributed by atoms with Crippen molar-refractivity contribution in [3.05, 3.63) is 71.8 Å².